The molecule has 0 saturated heterocycles. The van der Waals surface area contributed by atoms with E-state index in [1.54, 1.807) is 54.0 Å². The number of aromatic amines is 1. The molecule has 3 aromatic heterocycles. The molecule has 10 heteroatoms. The second-order valence-electron chi connectivity index (χ2n) is 9.18. The van der Waals surface area contributed by atoms with Gasteiger partial charge in [0.1, 0.15) is 17.8 Å². The monoisotopic (exact) mass is 522 g/mol. The van der Waals surface area contributed by atoms with Crippen molar-refractivity contribution in [3.05, 3.63) is 81.8 Å². The molecule has 3 heterocycles. The summed E-state index contributed by atoms with van der Waals surface area (Å²) in [5, 5.41) is 2.82. The van der Waals surface area contributed by atoms with E-state index in [9.17, 15) is 18.0 Å². The van der Waals surface area contributed by atoms with Crippen LogP contribution in [0, 0.1) is 6.92 Å². The van der Waals surface area contributed by atoms with E-state index >= 15 is 0 Å². The van der Waals surface area contributed by atoms with Crippen LogP contribution in [0.15, 0.2) is 58.5 Å². The first kappa shape index (κ1) is 26.2. The highest BCUT2D eigenvalue weighted by molar-refractivity contribution is 7.90. The van der Waals surface area contributed by atoms with Gasteiger partial charge in [-0.15, -0.1) is 0 Å². The zero-order chi connectivity index (χ0) is 26.9. The van der Waals surface area contributed by atoms with Gasteiger partial charge in [0.05, 0.1) is 34.8 Å². The fraction of sp³-hybridized carbons (Fsp3) is 0.296. The predicted octanol–water partition coefficient (Wildman–Crippen LogP) is 3.85. The number of hydrogen-bond acceptors (Lipinski definition) is 6. The fourth-order valence-electron chi connectivity index (χ4n) is 4.31. The summed E-state index contributed by atoms with van der Waals surface area (Å²) in [6.07, 6.45) is 2.74. The molecular weight excluding hydrogens is 492 g/mol. The molecule has 0 aliphatic rings. The summed E-state index contributed by atoms with van der Waals surface area (Å²) in [5.74, 6) is 0.0368. The zero-order valence-electron chi connectivity index (χ0n) is 21.5. The van der Waals surface area contributed by atoms with Crippen LogP contribution in [0.2, 0.25) is 0 Å². The summed E-state index contributed by atoms with van der Waals surface area (Å²) in [5.41, 5.74) is 3.43. The lowest BCUT2D eigenvalue weighted by Crippen LogP contribution is -2.29. The number of hydrogen-bond donors (Lipinski definition) is 2. The third-order valence-corrected chi connectivity index (χ3v) is 7.17. The van der Waals surface area contributed by atoms with Gasteiger partial charge >= 0.3 is 0 Å². The Hall–Kier alpha value is -3.92. The lowest BCUT2D eigenvalue weighted by Gasteiger charge is -2.14. The molecule has 9 nitrogen and oxygen atoms in total. The van der Waals surface area contributed by atoms with Gasteiger partial charge in [-0.05, 0) is 49.6 Å². The normalized spacial score (nSPS) is 11.7. The molecule has 0 aliphatic carbocycles. The maximum atomic E-state index is 13.5. The first-order valence-corrected chi connectivity index (χ1v) is 13.8. The molecule has 0 atom stereocenters. The number of pyridine rings is 2. The molecule has 194 valence electrons. The number of imidazole rings is 1. The number of aromatic nitrogens is 3. The summed E-state index contributed by atoms with van der Waals surface area (Å²) in [7, 11) is -3.52. The Labute approximate surface area is 215 Å². The number of aryl methyl sites for hydroxylation is 1. The van der Waals surface area contributed by atoms with Crippen molar-refractivity contribution in [2.24, 2.45) is 0 Å². The number of nitrogens with zero attached hydrogens (tertiary/aromatic N) is 2. The van der Waals surface area contributed by atoms with E-state index in [4.69, 9.17) is 4.74 Å². The highest BCUT2D eigenvalue weighted by Crippen LogP contribution is 2.31. The van der Waals surface area contributed by atoms with E-state index in [0.29, 0.717) is 40.3 Å². The topological polar surface area (TPSA) is 123 Å². The summed E-state index contributed by atoms with van der Waals surface area (Å²) in [6, 6.07) is 11.9. The van der Waals surface area contributed by atoms with Crippen LogP contribution in [0.25, 0.3) is 16.6 Å². The molecule has 1 amide bonds. The van der Waals surface area contributed by atoms with Gasteiger partial charge in [-0.1, -0.05) is 32.0 Å². The van der Waals surface area contributed by atoms with Crippen LogP contribution in [0.1, 0.15) is 54.1 Å². The van der Waals surface area contributed by atoms with Gasteiger partial charge in [0.25, 0.3) is 11.5 Å². The lowest BCUT2D eigenvalue weighted by atomic mass is 10.0. The van der Waals surface area contributed by atoms with E-state index in [1.165, 1.54) is 0 Å². The first-order valence-electron chi connectivity index (χ1n) is 12.0. The van der Waals surface area contributed by atoms with Crippen LogP contribution in [0.5, 0.6) is 5.75 Å². The van der Waals surface area contributed by atoms with Crippen LogP contribution in [0.4, 0.5) is 0 Å². The number of nitrogens with one attached hydrogen (secondary N) is 2. The maximum absolute atomic E-state index is 13.5. The molecule has 0 radical (unpaired) electrons. The first-order chi connectivity index (χ1) is 17.5. The predicted molar refractivity (Wildman–Crippen MR) is 142 cm³/mol. The van der Waals surface area contributed by atoms with Crippen molar-refractivity contribution in [1.29, 1.82) is 0 Å². The molecule has 0 bridgehead atoms. The third-order valence-electron chi connectivity index (χ3n) is 6.01. The standard InChI is InChI=1S/C27H30N4O5S/c1-6-36-23-11-17(4)30-26(32)20(23)14-28-27(33)22-13-18(12-21-25(16(2)3)29-15-31(21)22)19-9-7-8-10-24(19)37(5,34)35/h7-13,15-16H,6,14H2,1-5H3,(H,28,33)(H,30,32). The summed E-state index contributed by atoms with van der Waals surface area (Å²) < 4.78 is 32.3. The fourth-order valence-corrected chi connectivity index (χ4v) is 5.22. The van der Waals surface area contributed by atoms with Crippen LogP contribution >= 0.6 is 0 Å². The second-order valence-corrected chi connectivity index (χ2v) is 11.2. The van der Waals surface area contributed by atoms with Crippen molar-refractivity contribution in [2.45, 2.75) is 45.1 Å². The van der Waals surface area contributed by atoms with Gasteiger partial charge in [-0.2, -0.15) is 0 Å². The van der Waals surface area contributed by atoms with Gasteiger partial charge in [-0.3, -0.25) is 14.0 Å². The van der Waals surface area contributed by atoms with Crippen molar-refractivity contribution in [3.8, 4) is 16.9 Å². The van der Waals surface area contributed by atoms with Crippen LogP contribution in [-0.2, 0) is 16.4 Å². The molecule has 0 unspecified atom stereocenters. The van der Waals surface area contributed by atoms with Crippen molar-refractivity contribution >= 4 is 21.3 Å². The highest BCUT2D eigenvalue weighted by atomic mass is 32.2. The molecule has 37 heavy (non-hydrogen) atoms. The molecule has 4 aromatic rings. The number of benzene rings is 1. The Morgan fingerprint density at radius 3 is 2.59 bits per heavy atom. The number of amides is 1. The minimum absolute atomic E-state index is 0.0544. The van der Waals surface area contributed by atoms with Crippen molar-refractivity contribution in [3.63, 3.8) is 0 Å². The lowest BCUT2D eigenvalue weighted by molar-refractivity contribution is 0.0944. The number of carbonyl (C=O) groups is 1. The van der Waals surface area contributed by atoms with Crippen LogP contribution in [0.3, 0.4) is 0 Å². The molecule has 2 N–H and O–H groups in total. The number of rotatable bonds is 8. The molecule has 1 aromatic carbocycles. The van der Waals surface area contributed by atoms with Crippen molar-refractivity contribution in [2.75, 3.05) is 12.9 Å². The van der Waals surface area contributed by atoms with Gasteiger partial charge in [-0.25, -0.2) is 13.4 Å². The molecular formula is C27H30N4O5S. The third kappa shape index (κ3) is 5.29. The number of H-pyrrole nitrogens is 1. The van der Waals surface area contributed by atoms with Crippen molar-refractivity contribution in [1.82, 2.24) is 19.7 Å². The Kier molecular flexibility index (Phi) is 7.22. The largest absolute Gasteiger partial charge is 0.493 e. The van der Waals surface area contributed by atoms with Gasteiger partial charge < -0.3 is 15.0 Å². The second kappa shape index (κ2) is 10.2. The number of carbonyl (C=O) groups excluding carboxylic acids is 1. The average Bonchev–Trinajstić information content (AvgIpc) is 3.27. The maximum Gasteiger partial charge on any atom is 0.268 e. The molecule has 0 saturated carbocycles. The summed E-state index contributed by atoms with van der Waals surface area (Å²) in [4.78, 5) is 33.5. The molecule has 4 rings (SSSR count). The Morgan fingerprint density at radius 1 is 1.19 bits per heavy atom. The number of sulfone groups is 1. The quantitative estimate of drug-likeness (QED) is 0.362. The Morgan fingerprint density at radius 2 is 1.92 bits per heavy atom. The van der Waals surface area contributed by atoms with Crippen LogP contribution in [-0.4, -0.2) is 41.6 Å². The minimum atomic E-state index is -3.52. The van der Waals surface area contributed by atoms with E-state index in [1.807, 2.05) is 26.8 Å². The van der Waals surface area contributed by atoms with Gasteiger partial charge in [0.2, 0.25) is 0 Å². The van der Waals surface area contributed by atoms with Crippen LogP contribution < -0.4 is 15.6 Å². The minimum Gasteiger partial charge on any atom is -0.493 e. The summed E-state index contributed by atoms with van der Waals surface area (Å²) >= 11 is 0. The highest BCUT2D eigenvalue weighted by Gasteiger charge is 2.21. The van der Waals surface area contributed by atoms with E-state index in [0.717, 1.165) is 11.9 Å². The van der Waals surface area contributed by atoms with E-state index in [2.05, 4.69) is 15.3 Å². The number of fused-ring (bicyclic) bond motifs is 1. The van der Waals surface area contributed by atoms with Crippen molar-refractivity contribution < 1.29 is 17.9 Å². The number of ether oxygens (including phenoxy) is 1. The zero-order valence-corrected chi connectivity index (χ0v) is 22.3. The van der Waals surface area contributed by atoms with Gasteiger partial charge in [0, 0.05) is 17.5 Å². The smallest absolute Gasteiger partial charge is 0.268 e. The molecule has 0 aliphatic heterocycles. The van der Waals surface area contributed by atoms with Gasteiger partial charge in [0.15, 0.2) is 9.84 Å². The molecule has 0 spiro atoms. The Bertz CT molecular complexity index is 1650. The SMILES string of the molecule is CCOc1cc(C)[nH]c(=O)c1CNC(=O)c1cc(-c2ccccc2S(C)(=O)=O)cc2c(C(C)C)ncn12. The van der Waals surface area contributed by atoms with E-state index < -0.39 is 15.7 Å². The average molecular weight is 523 g/mol. The molecule has 0 fully saturated rings. The summed E-state index contributed by atoms with van der Waals surface area (Å²) in [6.45, 7) is 7.89. The Balaban J connectivity index is 1.82. The van der Waals surface area contributed by atoms with E-state index in [-0.39, 0.29) is 28.6 Å².